The molecule has 0 saturated carbocycles. The predicted octanol–water partition coefficient (Wildman–Crippen LogP) is 1.72. The van der Waals surface area contributed by atoms with Crippen LogP contribution < -0.4 is 25.8 Å². The van der Waals surface area contributed by atoms with Gasteiger partial charge in [-0.25, -0.2) is 0 Å². The van der Waals surface area contributed by atoms with E-state index in [2.05, 4.69) is 10.6 Å². The summed E-state index contributed by atoms with van der Waals surface area (Å²) in [7, 11) is 1.61. The quantitative estimate of drug-likeness (QED) is 0.337. The van der Waals surface area contributed by atoms with Gasteiger partial charge in [-0.05, 0) is 54.8 Å². The molecule has 186 valence electrons. The van der Waals surface area contributed by atoms with Gasteiger partial charge < -0.3 is 35.3 Å². The fraction of sp³-hybridized carbons (Fsp3) is 0.440. The van der Waals surface area contributed by atoms with Crippen LogP contribution in [0.1, 0.15) is 29.7 Å². The van der Waals surface area contributed by atoms with Gasteiger partial charge in [-0.2, -0.15) is 0 Å². The normalized spacial score (nSPS) is 11.5. The molecule has 2 aromatic carbocycles. The number of nitrogens with one attached hydrogen (secondary N) is 2. The van der Waals surface area contributed by atoms with E-state index >= 15 is 0 Å². The minimum Gasteiger partial charge on any atom is -0.497 e. The van der Waals surface area contributed by atoms with Gasteiger partial charge in [0, 0.05) is 6.54 Å². The van der Waals surface area contributed by atoms with E-state index in [0.717, 1.165) is 28.2 Å². The van der Waals surface area contributed by atoms with E-state index < -0.39 is 6.04 Å². The van der Waals surface area contributed by atoms with Crippen molar-refractivity contribution in [1.29, 1.82) is 0 Å². The van der Waals surface area contributed by atoms with Crippen molar-refractivity contribution in [2.45, 2.75) is 19.9 Å². The highest BCUT2D eigenvalue weighted by molar-refractivity contribution is 5.85. The van der Waals surface area contributed by atoms with Crippen LogP contribution in [-0.4, -0.2) is 65.0 Å². The van der Waals surface area contributed by atoms with Crippen LogP contribution in [0.5, 0.6) is 11.5 Å². The molecule has 2 amide bonds. The zero-order valence-electron chi connectivity index (χ0n) is 20.1. The van der Waals surface area contributed by atoms with Crippen molar-refractivity contribution in [2.75, 3.05) is 53.2 Å². The van der Waals surface area contributed by atoms with E-state index in [9.17, 15) is 9.59 Å². The molecule has 0 heterocycles. The van der Waals surface area contributed by atoms with Crippen molar-refractivity contribution >= 4 is 11.8 Å². The van der Waals surface area contributed by atoms with Gasteiger partial charge in [-0.1, -0.05) is 18.2 Å². The van der Waals surface area contributed by atoms with E-state index in [-0.39, 0.29) is 31.6 Å². The van der Waals surface area contributed by atoms with Crippen molar-refractivity contribution in [1.82, 2.24) is 10.6 Å². The molecular formula is C25H35N3O6. The van der Waals surface area contributed by atoms with Crippen molar-refractivity contribution in [3.05, 3.63) is 59.2 Å². The van der Waals surface area contributed by atoms with Crippen LogP contribution in [0.2, 0.25) is 0 Å². The number of benzene rings is 2. The molecule has 9 heteroatoms. The SMILES string of the molecule is CCOc1ccc(C(NC(=O)CNC(=O)COCCOCCN)c2ccc(OC)cc2C)cc1. The Balaban J connectivity index is 2.01. The van der Waals surface area contributed by atoms with Gasteiger partial charge in [0.15, 0.2) is 0 Å². The van der Waals surface area contributed by atoms with E-state index in [1.165, 1.54) is 0 Å². The molecule has 1 unspecified atom stereocenters. The highest BCUT2D eigenvalue weighted by Gasteiger charge is 2.20. The second kappa shape index (κ2) is 14.9. The van der Waals surface area contributed by atoms with Gasteiger partial charge in [-0.15, -0.1) is 0 Å². The third kappa shape index (κ3) is 9.01. The average molecular weight is 474 g/mol. The number of methoxy groups -OCH3 is 1. The first kappa shape index (κ1) is 27.1. The predicted molar refractivity (Wildman–Crippen MR) is 129 cm³/mol. The Labute approximate surface area is 200 Å². The van der Waals surface area contributed by atoms with Gasteiger partial charge in [0.05, 0.1) is 46.1 Å². The number of ether oxygens (including phenoxy) is 4. The van der Waals surface area contributed by atoms with Crippen molar-refractivity contribution in [3.8, 4) is 11.5 Å². The first-order valence-electron chi connectivity index (χ1n) is 11.3. The molecule has 1 atom stereocenters. The lowest BCUT2D eigenvalue weighted by molar-refractivity contribution is -0.129. The monoisotopic (exact) mass is 473 g/mol. The van der Waals surface area contributed by atoms with Crippen LogP contribution in [0.25, 0.3) is 0 Å². The molecular weight excluding hydrogens is 438 g/mol. The molecule has 0 aliphatic rings. The van der Waals surface area contributed by atoms with Crippen LogP contribution in [0.3, 0.4) is 0 Å². The van der Waals surface area contributed by atoms with E-state index in [1.807, 2.05) is 56.3 Å². The number of hydrogen-bond acceptors (Lipinski definition) is 7. The van der Waals surface area contributed by atoms with Gasteiger partial charge in [-0.3, -0.25) is 9.59 Å². The zero-order valence-corrected chi connectivity index (χ0v) is 20.1. The molecule has 0 saturated heterocycles. The second-order valence-electron chi connectivity index (χ2n) is 7.46. The molecule has 0 radical (unpaired) electrons. The summed E-state index contributed by atoms with van der Waals surface area (Å²) in [5.41, 5.74) is 8.10. The summed E-state index contributed by atoms with van der Waals surface area (Å²) in [5.74, 6) is 0.781. The minimum atomic E-state index is -0.415. The average Bonchev–Trinajstić information content (AvgIpc) is 2.84. The summed E-state index contributed by atoms with van der Waals surface area (Å²) in [6.45, 7) is 5.64. The highest BCUT2D eigenvalue weighted by atomic mass is 16.5. The summed E-state index contributed by atoms with van der Waals surface area (Å²) in [6, 6.07) is 12.8. The molecule has 34 heavy (non-hydrogen) atoms. The third-order valence-electron chi connectivity index (χ3n) is 4.93. The third-order valence-corrected chi connectivity index (χ3v) is 4.93. The number of aryl methyl sites for hydroxylation is 1. The fourth-order valence-corrected chi connectivity index (χ4v) is 3.27. The molecule has 0 bridgehead atoms. The lowest BCUT2D eigenvalue weighted by atomic mass is 9.94. The molecule has 9 nitrogen and oxygen atoms in total. The lowest BCUT2D eigenvalue weighted by Crippen LogP contribution is -2.40. The summed E-state index contributed by atoms with van der Waals surface area (Å²) >= 11 is 0. The molecule has 2 rings (SSSR count). The first-order chi connectivity index (χ1) is 16.5. The molecule has 0 aliphatic heterocycles. The van der Waals surface area contributed by atoms with Crippen molar-refractivity contribution in [3.63, 3.8) is 0 Å². The van der Waals surface area contributed by atoms with Gasteiger partial charge >= 0.3 is 0 Å². The van der Waals surface area contributed by atoms with Crippen LogP contribution >= 0.6 is 0 Å². The van der Waals surface area contributed by atoms with Crippen LogP contribution in [0.15, 0.2) is 42.5 Å². The Morgan fingerprint density at radius 3 is 2.32 bits per heavy atom. The fourth-order valence-electron chi connectivity index (χ4n) is 3.27. The Morgan fingerprint density at radius 2 is 1.68 bits per heavy atom. The summed E-state index contributed by atoms with van der Waals surface area (Å²) in [5, 5.41) is 5.59. The van der Waals surface area contributed by atoms with E-state index in [1.54, 1.807) is 7.11 Å². The highest BCUT2D eigenvalue weighted by Crippen LogP contribution is 2.29. The summed E-state index contributed by atoms with van der Waals surface area (Å²) in [4.78, 5) is 24.7. The standard InChI is InChI=1S/C25H35N3O6/c1-4-34-20-7-5-19(6-8-20)25(22-10-9-21(31-3)15-18(22)2)28-23(29)16-27-24(30)17-33-14-13-32-12-11-26/h5-10,15,25H,4,11-14,16-17,26H2,1-3H3,(H,27,30)(H,28,29). The molecule has 0 spiro atoms. The molecule has 0 aromatic heterocycles. The first-order valence-corrected chi connectivity index (χ1v) is 11.3. The Hall–Kier alpha value is -3.14. The lowest BCUT2D eigenvalue weighted by Gasteiger charge is -2.22. The van der Waals surface area contributed by atoms with E-state index in [0.29, 0.717) is 26.4 Å². The maximum absolute atomic E-state index is 12.7. The van der Waals surface area contributed by atoms with Gasteiger partial charge in [0.1, 0.15) is 18.1 Å². The number of carbonyl (C=O) groups excluding carboxylic acids is 2. The number of nitrogens with two attached hydrogens (primary N) is 1. The maximum atomic E-state index is 12.7. The molecule has 0 aliphatic carbocycles. The molecule has 4 N–H and O–H groups in total. The summed E-state index contributed by atoms with van der Waals surface area (Å²) in [6.07, 6.45) is 0. The summed E-state index contributed by atoms with van der Waals surface area (Å²) < 4.78 is 21.2. The maximum Gasteiger partial charge on any atom is 0.246 e. The topological polar surface area (TPSA) is 121 Å². The Kier molecular flexibility index (Phi) is 11.9. The van der Waals surface area contributed by atoms with Gasteiger partial charge in [0.2, 0.25) is 11.8 Å². The smallest absolute Gasteiger partial charge is 0.246 e. The number of rotatable bonds is 15. The van der Waals surface area contributed by atoms with Crippen molar-refractivity contribution in [2.24, 2.45) is 5.73 Å². The second-order valence-corrected chi connectivity index (χ2v) is 7.46. The van der Waals surface area contributed by atoms with Crippen LogP contribution in [-0.2, 0) is 19.1 Å². The Bertz CT molecular complexity index is 904. The number of carbonyl (C=O) groups is 2. The molecule has 0 fully saturated rings. The number of hydrogen-bond donors (Lipinski definition) is 3. The van der Waals surface area contributed by atoms with Crippen LogP contribution in [0.4, 0.5) is 0 Å². The minimum absolute atomic E-state index is 0.154. The zero-order chi connectivity index (χ0) is 24.8. The van der Waals surface area contributed by atoms with Crippen molar-refractivity contribution < 1.29 is 28.5 Å². The van der Waals surface area contributed by atoms with Gasteiger partial charge in [0.25, 0.3) is 0 Å². The largest absolute Gasteiger partial charge is 0.497 e. The molecule has 2 aromatic rings. The Morgan fingerprint density at radius 1 is 0.971 bits per heavy atom. The number of amides is 2. The van der Waals surface area contributed by atoms with Crippen LogP contribution in [0, 0.1) is 6.92 Å². The van der Waals surface area contributed by atoms with E-state index in [4.69, 9.17) is 24.7 Å².